The molecule has 1 aliphatic heterocycles. The number of nitrogens with one attached hydrogen (secondary N) is 2. The first-order valence-corrected chi connectivity index (χ1v) is 19.9. The number of halogens is 2. The van der Waals surface area contributed by atoms with Crippen LogP contribution in [0, 0.1) is 0 Å². The van der Waals surface area contributed by atoms with E-state index >= 15 is 0 Å². The molecule has 3 N–H and O–H groups in total. The summed E-state index contributed by atoms with van der Waals surface area (Å²) in [6, 6.07) is 14.7. The number of hydrogen-bond acceptors (Lipinski definition) is 7. The molecule has 13 heteroatoms. The third-order valence-corrected chi connectivity index (χ3v) is 9.79. The molecule has 2 amide bonds. The van der Waals surface area contributed by atoms with E-state index in [1.807, 2.05) is 51.1 Å². The molecule has 1 fully saturated rings. The molecule has 46 heavy (non-hydrogen) atoms. The maximum Gasteiger partial charge on any atom is 0.412 e. The Morgan fingerprint density at radius 3 is 2.57 bits per heavy atom. The molecule has 2 aromatic carbocycles. The van der Waals surface area contributed by atoms with E-state index in [-0.39, 0.29) is 11.3 Å². The number of carbonyl (C=O) groups excluding carboxylic acids is 1. The first kappa shape index (κ1) is 35.3. The van der Waals surface area contributed by atoms with Crippen LogP contribution in [0.25, 0.3) is 0 Å². The van der Waals surface area contributed by atoms with Crippen LogP contribution < -0.4 is 15.5 Å². The maximum atomic E-state index is 12.3. The van der Waals surface area contributed by atoms with Crippen LogP contribution in [0.4, 0.5) is 32.5 Å². The highest BCUT2D eigenvalue weighted by molar-refractivity contribution is 6.76. The van der Waals surface area contributed by atoms with Gasteiger partial charge in [0.2, 0.25) is 5.28 Å². The number of carbonyl (C=O) groups is 2. The maximum absolute atomic E-state index is 12.3. The number of hydrogen-bond donors (Lipinski definition) is 3. The summed E-state index contributed by atoms with van der Waals surface area (Å²) in [5, 5.41) is 16.6. The summed E-state index contributed by atoms with van der Waals surface area (Å²) in [4.78, 5) is 36.7. The van der Waals surface area contributed by atoms with Crippen LogP contribution >= 0.6 is 23.2 Å². The number of amides is 2. The number of rotatable bonds is 11. The van der Waals surface area contributed by atoms with Crippen molar-refractivity contribution in [2.24, 2.45) is 0 Å². The van der Waals surface area contributed by atoms with Crippen LogP contribution in [-0.4, -0.2) is 71.5 Å². The predicted octanol–water partition coefficient (Wildman–Crippen LogP) is 8.56. The fourth-order valence-electron chi connectivity index (χ4n) is 5.35. The van der Waals surface area contributed by atoms with E-state index in [0.717, 1.165) is 41.5 Å². The minimum atomic E-state index is -1.40. The Bertz CT molecular complexity index is 1550. The number of nitrogens with zero attached hydrogens (tertiary/aromatic N) is 4. The molecular weight excluding hydrogens is 643 g/mol. The second-order valence-corrected chi connectivity index (χ2v) is 20.2. The zero-order valence-corrected chi connectivity index (χ0v) is 29.9. The highest BCUT2D eigenvalue weighted by atomic mass is 35.5. The van der Waals surface area contributed by atoms with Gasteiger partial charge in [-0.2, -0.15) is 4.98 Å². The van der Waals surface area contributed by atoms with Gasteiger partial charge in [0.25, 0.3) is 0 Å². The van der Waals surface area contributed by atoms with E-state index < -0.39 is 25.9 Å². The fraction of sp³-hybridized carbons (Fsp3) is 0.455. The normalized spacial score (nSPS) is 15.0. The van der Waals surface area contributed by atoms with Gasteiger partial charge in [-0.3, -0.25) is 5.32 Å². The standard InChI is InChI=1S/C33H44Cl2N6O4Si/c1-33(2,3)45-31(42)38-24-9-7-8-22(18-24)10-11-23-19-25(37-29-27(34)20-36-30(35)39-29)12-13-28(23)40-15-14-26(21-40)41(32(43)44)16-17-46(4,5)6/h7-9,12-13,18-20,26H,10-11,14-17,21H2,1-6H3,(H,38,42)(H,43,44)(H,36,37,39). The van der Waals surface area contributed by atoms with Gasteiger partial charge in [0, 0.05) is 44.8 Å². The summed E-state index contributed by atoms with van der Waals surface area (Å²) < 4.78 is 5.41. The molecule has 0 aliphatic carbocycles. The van der Waals surface area contributed by atoms with E-state index in [4.69, 9.17) is 27.9 Å². The zero-order chi connectivity index (χ0) is 33.6. The van der Waals surface area contributed by atoms with E-state index in [9.17, 15) is 14.7 Å². The molecule has 3 aromatic rings. The van der Waals surface area contributed by atoms with E-state index in [1.54, 1.807) is 4.90 Å². The van der Waals surface area contributed by atoms with Crippen molar-refractivity contribution in [1.29, 1.82) is 0 Å². The number of aromatic nitrogens is 2. The third-order valence-electron chi connectivity index (χ3n) is 7.61. The molecule has 248 valence electrons. The second-order valence-electron chi connectivity index (χ2n) is 13.8. The van der Waals surface area contributed by atoms with E-state index in [1.165, 1.54) is 6.20 Å². The lowest BCUT2D eigenvalue weighted by Crippen LogP contribution is -2.43. The lowest BCUT2D eigenvalue weighted by molar-refractivity contribution is 0.0635. The first-order valence-electron chi connectivity index (χ1n) is 15.5. The van der Waals surface area contributed by atoms with Crippen LogP contribution in [0.1, 0.15) is 38.3 Å². The third kappa shape index (κ3) is 10.5. The second kappa shape index (κ2) is 14.9. The zero-order valence-electron chi connectivity index (χ0n) is 27.4. The molecule has 1 atom stereocenters. The quantitative estimate of drug-likeness (QED) is 0.136. The predicted molar refractivity (Wildman–Crippen MR) is 189 cm³/mol. The van der Waals surface area contributed by atoms with Gasteiger partial charge in [-0.25, -0.2) is 14.6 Å². The van der Waals surface area contributed by atoms with Crippen molar-refractivity contribution in [1.82, 2.24) is 14.9 Å². The fourth-order valence-corrected chi connectivity index (χ4v) is 6.54. The van der Waals surface area contributed by atoms with Gasteiger partial charge < -0.3 is 25.0 Å². The molecular formula is C33H44Cl2N6O4Si. The molecule has 1 aromatic heterocycles. The van der Waals surface area contributed by atoms with Crippen molar-refractivity contribution in [3.63, 3.8) is 0 Å². The number of anilines is 4. The molecule has 0 radical (unpaired) electrons. The summed E-state index contributed by atoms with van der Waals surface area (Å²) in [7, 11) is -1.40. The van der Waals surface area contributed by atoms with Gasteiger partial charge in [-0.15, -0.1) is 0 Å². The van der Waals surface area contributed by atoms with Gasteiger partial charge >= 0.3 is 12.2 Å². The molecule has 0 saturated carbocycles. The van der Waals surface area contributed by atoms with Crippen molar-refractivity contribution in [2.75, 3.05) is 35.2 Å². The molecule has 0 spiro atoms. The number of carboxylic acid groups (broad SMARTS) is 1. The number of benzene rings is 2. The van der Waals surface area contributed by atoms with Crippen LogP contribution in [0.2, 0.25) is 36.0 Å². The highest BCUT2D eigenvalue weighted by Gasteiger charge is 2.32. The minimum absolute atomic E-state index is 0.0721. The molecule has 2 heterocycles. The van der Waals surface area contributed by atoms with Crippen molar-refractivity contribution in [3.05, 3.63) is 70.1 Å². The van der Waals surface area contributed by atoms with E-state index in [2.05, 4.69) is 57.3 Å². The molecule has 1 unspecified atom stereocenters. The summed E-state index contributed by atoms with van der Waals surface area (Å²) in [6.45, 7) is 14.2. The Hall–Kier alpha value is -3.54. The van der Waals surface area contributed by atoms with Gasteiger partial charge in [-0.1, -0.05) is 43.4 Å². The number of ether oxygens (including phenoxy) is 1. The van der Waals surface area contributed by atoms with Crippen molar-refractivity contribution >= 4 is 66.3 Å². The number of aryl methyl sites for hydroxylation is 2. The monoisotopic (exact) mass is 686 g/mol. The Kier molecular flexibility index (Phi) is 11.4. The Morgan fingerprint density at radius 2 is 1.87 bits per heavy atom. The SMILES string of the molecule is CC(C)(C)OC(=O)Nc1cccc(CCc2cc(Nc3nc(Cl)ncc3Cl)ccc2N2CCC(N(CC[Si](C)(C)C)C(=O)O)C2)c1. The van der Waals surface area contributed by atoms with Gasteiger partial charge in [0.1, 0.15) is 10.6 Å². The van der Waals surface area contributed by atoms with Gasteiger partial charge in [-0.05, 0) is 99.1 Å². The Labute approximate surface area is 282 Å². The highest BCUT2D eigenvalue weighted by Crippen LogP contribution is 2.32. The Balaban J connectivity index is 1.56. The van der Waals surface area contributed by atoms with Gasteiger partial charge in [0.15, 0.2) is 5.82 Å². The average Bonchev–Trinajstić information content (AvgIpc) is 3.42. The van der Waals surface area contributed by atoms with Crippen molar-refractivity contribution in [3.8, 4) is 0 Å². The molecule has 4 rings (SSSR count). The lowest BCUT2D eigenvalue weighted by Gasteiger charge is -2.29. The largest absolute Gasteiger partial charge is 0.465 e. The van der Waals surface area contributed by atoms with Crippen LogP contribution in [-0.2, 0) is 17.6 Å². The summed E-state index contributed by atoms with van der Waals surface area (Å²) in [5.41, 5.74) is 4.03. The molecule has 1 saturated heterocycles. The minimum Gasteiger partial charge on any atom is -0.465 e. The summed E-state index contributed by atoms with van der Waals surface area (Å²) >= 11 is 12.4. The molecule has 0 bridgehead atoms. The lowest BCUT2D eigenvalue weighted by atomic mass is 10.0. The topological polar surface area (TPSA) is 120 Å². The first-order chi connectivity index (χ1) is 21.6. The van der Waals surface area contributed by atoms with Crippen LogP contribution in [0.5, 0.6) is 0 Å². The van der Waals surface area contributed by atoms with Crippen LogP contribution in [0.15, 0.2) is 48.7 Å². The summed E-state index contributed by atoms with van der Waals surface area (Å²) in [6.07, 6.45) is 2.26. The van der Waals surface area contributed by atoms with Crippen molar-refractivity contribution < 1.29 is 19.4 Å². The molecule has 10 nitrogen and oxygen atoms in total. The molecule has 1 aliphatic rings. The van der Waals surface area contributed by atoms with Crippen LogP contribution in [0.3, 0.4) is 0 Å². The summed E-state index contributed by atoms with van der Waals surface area (Å²) in [5.74, 6) is 0.405. The smallest absolute Gasteiger partial charge is 0.412 e. The average molecular weight is 688 g/mol. The Morgan fingerprint density at radius 1 is 1.11 bits per heavy atom. The van der Waals surface area contributed by atoms with E-state index in [0.29, 0.717) is 42.5 Å². The van der Waals surface area contributed by atoms with Crippen molar-refractivity contribution in [2.45, 2.75) is 77.4 Å². The van der Waals surface area contributed by atoms with Gasteiger partial charge in [0.05, 0.1) is 12.2 Å².